The number of carbonyl (C=O) groups is 1. The Hall–Kier alpha value is -2.87. The van der Waals surface area contributed by atoms with Crippen LogP contribution >= 0.6 is 0 Å². The maximum atomic E-state index is 13.5. The molecule has 0 saturated heterocycles. The molecule has 6 nitrogen and oxygen atoms in total. The van der Waals surface area contributed by atoms with Gasteiger partial charge in [-0.1, -0.05) is 6.07 Å². The lowest BCUT2D eigenvalue weighted by atomic mass is 10.2. The molecule has 2 N–H and O–H groups in total. The van der Waals surface area contributed by atoms with Crippen LogP contribution in [-0.2, 0) is 6.54 Å². The highest BCUT2D eigenvalue weighted by Crippen LogP contribution is 2.14. The van der Waals surface area contributed by atoms with Gasteiger partial charge in [-0.2, -0.15) is 0 Å². The van der Waals surface area contributed by atoms with E-state index in [4.69, 9.17) is 0 Å². The smallest absolute Gasteiger partial charge is 0.296 e. The Morgan fingerprint density at radius 3 is 2.86 bits per heavy atom. The average Bonchev–Trinajstić information content (AvgIpc) is 2.96. The third-order valence-corrected chi connectivity index (χ3v) is 3.09. The fourth-order valence-corrected chi connectivity index (χ4v) is 1.97. The zero-order valence-corrected chi connectivity index (χ0v) is 11.1. The Kier molecular flexibility index (Phi) is 3.51. The molecule has 0 spiro atoms. The number of halogens is 2. The van der Waals surface area contributed by atoms with Crippen LogP contribution in [0.2, 0.25) is 0 Å². The lowest BCUT2D eigenvalue weighted by Crippen LogP contribution is -2.28. The van der Waals surface area contributed by atoms with E-state index < -0.39 is 24.1 Å². The van der Waals surface area contributed by atoms with E-state index in [0.717, 1.165) is 12.1 Å². The van der Waals surface area contributed by atoms with E-state index in [1.165, 1.54) is 18.6 Å². The minimum Gasteiger partial charge on any atom is -0.343 e. The Morgan fingerprint density at radius 1 is 1.27 bits per heavy atom. The highest BCUT2D eigenvalue weighted by Gasteiger charge is 2.18. The van der Waals surface area contributed by atoms with Crippen LogP contribution < -0.4 is 0 Å². The second kappa shape index (κ2) is 5.49. The van der Waals surface area contributed by atoms with Gasteiger partial charge in [0, 0.05) is 11.6 Å². The summed E-state index contributed by atoms with van der Waals surface area (Å²) in [5.74, 6) is -2.39. The molecule has 0 aliphatic carbocycles. The van der Waals surface area contributed by atoms with Gasteiger partial charge in [-0.3, -0.25) is 10.0 Å². The van der Waals surface area contributed by atoms with Gasteiger partial charge in [-0.15, -0.1) is 0 Å². The fourth-order valence-electron chi connectivity index (χ4n) is 1.97. The highest BCUT2D eigenvalue weighted by molar-refractivity contribution is 5.94. The van der Waals surface area contributed by atoms with Crippen LogP contribution in [0.1, 0.15) is 16.1 Å². The molecule has 0 fully saturated rings. The van der Waals surface area contributed by atoms with Crippen molar-refractivity contribution in [2.45, 2.75) is 6.54 Å². The van der Waals surface area contributed by atoms with E-state index in [9.17, 15) is 18.8 Å². The summed E-state index contributed by atoms with van der Waals surface area (Å²) in [6.07, 6.45) is 2.85. The first kappa shape index (κ1) is 14.1. The highest BCUT2D eigenvalue weighted by atomic mass is 19.1. The van der Waals surface area contributed by atoms with Crippen molar-refractivity contribution in [3.63, 3.8) is 0 Å². The summed E-state index contributed by atoms with van der Waals surface area (Å²) in [5.41, 5.74) is 1.10. The summed E-state index contributed by atoms with van der Waals surface area (Å²) in [7, 11) is 0. The predicted molar refractivity (Wildman–Crippen MR) is 71.9 cm³/mol. The van der Waals surface area contributed by atoms with E-state index >= 15 is 0 Å². The number of nitrogens with zero attached hydrogens (tertiary/aromatic N) is 3. The van der Waals surface area contributed by atoms with Crippen molar-refractivity contribution < 1.29 is 18.8 Å². The summed E-state index contributed by atoms with van der Waals surface area (Å²) in [5, 5.41) is 10.1. The Labute approximate surface area is 123 Å². The zero-order chi connectivity index (χ0) is 15.7. The minimum absolute atomic E-state index is 0.0157. The average molecular weight is 304 g/mol. The van der Waals surface area contributed by atoms with Gasteiger partial charge in [0.1, 0.15) is 17.3 Å². The first-order valence-corrected chi connectivity index (χ1v) is 6.28. The molecule has 2 heterocycles. The Morgan fingerprint density at radius 2 is 2.09 bits per heavy atom. The van der Waals surface area contributed by atoms with Gasteiger partial charge in [0.05, 0.1) is 30.1 Å². The molecule has 0 unspecified atom stereocenters. The number of aromatic amines is 1. The molecule has 0 aliphatic rings. The number of hydroxylamine groups is 2. The number of hydrogen-bond donors (Lipinski definition) is 2. The summed E-state index contributed by atoms with van der Waals surface area (Å²) < 4.78 is 26.3. The molecule has 0 bridgehead atoms. The third-order valence-electron chi connectivity index (χ3n) is 3.09. The third kappa shape index (κ3) is 2.63. The van der Waals surface area contributed by atoms with Gasteiger partial charge in [0.2, 0.25) is 0 Å². The van der Waals surface area contributed by atoms with Gasteiger partial charge in [-0.25, -0.2) is 23.8 Å². The molecule has 2 aromatic heterocycles. The maximum Gasteiger partial charge on any atom is 0.296 e. The molecule has 0 aliphatic heterocycles. The Bertz CT molecular complexity index is 850. The van der Waals surface area contributed by atoms with E-state index in [0.29, 0.717) is 22.2 Å². The Balaban J connectivity index is 1.81. The lowest BCUT2D eigenvalue weighted by molar-refractivity contribution is -0.0657. The maximum absolute atomic E-state index is 13.5. The van der Waals surface area contributed by atoms with Crippen LogP contribution in [-0.4, -0.2) is 31.1 Å². The number of pyridine rings is 1. The number of imidazole rings is 1. The molecule has 3 rings (SSSR count). The molecule has 0 radical (unpaired) electrons. The van der Waals surface area contributed by atoms with E-state index in [2.05, 4.69) is 15.0 Å². The van der Waals surface area contributed by atoms with E-state index in [1.807, 2.05) is 0 Å². The van der Waals surface area contributed by atoms with Crippen LogP contribution in [0.5, 0.6) is 0 Å². The van der Waals surface area contributed by atoms with Crippen molar-refractivity contribution in [1.29, 1.82) is 0 Å². The van der Waals surface area contributed by atoms with Crippen LogP contribution in [0.4, 0.5) is 8.78 Å². The number of rotatable bonds is 3. The van der Waals surface area contributed by atoms with Gasteiger partial charge in [0.25, 0.3) is 5.91 Å². The van der Waals surface area contributed by atoms with Crippen molar-refractivity contribution >= 4 is 16.9 Å². The molecule has 1 aromatic carbocycles. The van der Waals surface area contributed by atoms with Crippen molar-refractivity contribution in [2.24, 2.45) is 0 Å². The number of H-pyrrole nitrogens is 1. The first-order valence-electron chi connectivity index (χ1n) is 6.28. The quantitative estimate of drug-likeness (QED) is 0.574. The van der Waals surface area contributed by atoms with Crippen LogP contribution in [0.25, 0.3) is 11.0 Å². The topological polar surface area (TPSA) is 82.1 Å². The summed E-state index contributed by atoms with van der Waals surface area (Å²) >= 11 is 0. The number of hydrogen-bond acceptors (Lipinski definition) is 4. The molecule has 0 saturated carbocycles. The zero-order valence-electron chi connectivity index (χ0n) is 11.1. The van der Waals surface area contributed by atoms with Gasteiger partial charge in [-0.05, 0) is 12.1 Å². The van der Waals surface area contributed by atoms with Crippen LogP contribution in [0.3, 0.4) is 0 Å². The number of fused-ring (bicyclic) bond motifs is 1. The largest absolute Gasteiger partial charge is 0.343 e. The monoisotopic (exact) mass is 304 g/mol. The number of aromatic nitrogens is 3. The summed E-state index contributed by atoms with van der Waals surface area (Å²) in [4.78, 5) is 22.8. The number of nitrogens with one attached hydrogen (secondary N) is 1. The molecule has 22 heavy (non-hydrogen) atoms. The van der Waals surface area contributed by atoms with Crippen LogP contribution in [0, 0.1) is 11.6 Å². The predicted octanol–water partition coefficient (Wildman–Crippen LogP) is 2.27. The fraction of sp³-hybridized carbons (Fsp3) is 0.0714. The van der Waals surface area contributed by atoms with Crippen molar-refractivity contribution in [3.05, 3.63) is 59.7 Å². The lowest BCUT2D eigenvalue weighted by Gasteiger charge is -2.15. The molecule has 112 valence electrons. The number of benzene rings is 1. The van der Waals surface area contributed by atoms with Crippen molar-refractivity contribution in [2.75, 3.05) is 0 Å². The molecule has 3 aromatic rings. The molecular weight excluding hydrogens is 294 g/mol. The SMILES string of the molecule is O=C(c1cc2nc[nH]c2cn1)N(O)Cc1ccc(F)cc1F. The standard InChI is InChI=1S/C14H10F2N4O2/c15-9-2-1-8(10(16)3-9)6-20(22)14(21)12-4-11-13(5-17-12)19-7-18-11/h1-5,7,22H,6H2,(H,18,19). The second-order valence-corrected chi connectivity index (χ2v) is 4.59. The molecule has 1 amide bonds. The molecular formula is C14H10F2N4O2. The molecule has 0 atom stereocenters. The van der Waals surface area contributed by atoms with Crippen molar-refractivity contribution in [1.82, 2.24) is 20.0 Å². The number of carbonyl (C=O) groups excluding carboxylic acids is 1. The van der Waals surface area contributed by atoms with Gasteiger partial charge >= 0.3 is 0 Å². The number of amides is 1. The van der Waals surface area contributed by atoms with E-state index in [-0.39, 0.29) is 11.3 Å². The molecule has 8 heteroatoms. The first-order chi connectivity index (χ1) is 10.5. The second-order valence-electron chi connectivity index (χ2n) is 4.59. The van der Waals surface area contributed by atoms with Crippen molar-refractivity contribution in [3.8, 4) is 0 Å². The summed E-state index contributed by atoms with van der Waals surface area (Å²) in [6.45, 7) is -0.425. The normalized spacial score (nSPS) is 10.9. The van der Waals surface area contributed by atoms with E-state index in [1.54, 1.807) is 0 Å². The van der Waals surface area contributed by atoms with Gasteiger partial charge in [0.15, 0.2) is 0 Å². The summed E-state index contributed by atoms with van der Waals surface area (Å²) in [6, 6.07) is 4.29. The van der Waals surface area contributed by atoms with Gasteiger partial charge < -0.3 is 4.98 Å². The van der Waals surface area contributed by atoms with Crippen LogP contribution in [0.15, 0.2) is 36.8 Å². The minimum atomic E-state index is -0.845.